The number of carbonyl (C=O) groups is 2. The number of nitrogens with zero attached hydrogens (tertiary/aromatic N) is 5. The lowest BCUT2D eigenvalue weighted by molar-refractivity contribution is 0.0169. The zero-order valence-electron chi connectivity index (χ0n) is 28.7. The van der Waals surface area contributed by atoms with E-state index in [-0.39, 0.29) is 18.0 Å². The first-order chi connectivity index (χ1) is 24.0. The van der Waals surface area contributed by atoms with Crippen LogP contribution in [0.5, 0.6) is 11.5 Å². The summed E-state index contributed by atoms with van der Waals surface area (Å²) in [4.78, 5) is 36.7. The van der Waals surface area contributed by atoms with Crippen LogP contribution in [0, 0.1) is 0 Å². The molecular weight excluding hydrogens is 658 g/mol. The Morgan fingerprint density at radius 3 is 2.52 bits per heavy atom. The van der Waals surface area contributed by atoms with Gasteiger partial charge in [-0.15, -0.1) is 0 Å². The number of hydrogen-bond donors (Lipinski definition) is 2. The van der Waals surface area contributed by atoms with Crippen molar-refractivity contribution in [3.63, 3.8) is 0 Å². The maximum absolute atomic E-state index is 13.1. The Hall–Kier alpha value is -5.36. The highest BCUT2D eigenvalue weighted by Crippen LogP contribution is 2.40. The summed E-state index contributed by atoms with van der Waals surface area (Å²) in [6.45, 7) is 6.96. The van der Waals surface area contributed by atoms with Crippen molar-refractivity contribution in [1.29, 1.82) is 0 Å². The van der Waals surface area contributed by atoms with Gasteiger partial charge in [0.2, 0.25) is 0 Å². The average molecular weight is 698 g/mol. The summed E-state index contributed by atoms with van der Waals surface area (Å²) in [5.74, 6) is 2.10. The van der Waals surface area contributed by atoms with Crippen LogP contribution < -0.4 is 20.1 Å². The molecule has 1 aliphatic heterocycles. The molecule has 0 radical (unpaired) electrons. The molecule has 2 amide bonds. The van der Waals surface area contributed by atoms with Gasteiger partial charge in [0.1, 0.15) is 34.4 Å². The van der Waals surface area contributed by atoms with Crippen LogP contribution in [-0.4, -0.2) is 69.6 Å². The molecule has 4 heterocycles. The third kappa shape index (κ3) is 7.60. The highest BCUT2D eigenvalue weighted by Gasteiger charge is 2.31. The van der Waals surface area contributed by atoms with E-state index in [9.17, 15) is 9.59 Å². The average Bonchev–Trinajstić information content (AvgIpc) is 3.53. The Morgan fingerprint density at radius 2 is 1.82 bits per heavy atom. The number of benzene rings is 2. The van der Waals surface area contributed by atoms with Gasteiger partial charge in [-0.3, -0.25) is 9.48 Å². The third-order valence-corrected chi connectivity index (χ3v) is 8.62. The standard InChI is InChI=1S/C37H40ClN7O5/c1-37(2,3)50-36(47)44-18-8-9-26(22-44)45-33-28(38)21-41-34(40-20-25-15-16-27(48-4)19-29(25)49-5)31(33)32(43-45)23-11-13-24(14-12-23)35(46)42-30-10-6-7-17-39-30/h6-7,10-17,19,21,26H,8-9,18,20,22H2,1-5H3,(H,40,41)(H,39,42,46)/t26-/m1/s1. The number of piperidine rings is 1. The minimum absolute atomic E-state index is 0.176. The summed E-state index contributed by atoms with van der Waals surface area (Å²) >= 11 is 6.93. The molecule has 2 N–H and O–H groups in total. The molecule has 13 heteroatoms. The zero-order valence-corrected chi connectivity index (χ0v) is 29.5. The molecule has 1 atom stereocenters. The molecule has 5 aromatic rings. The topological polar surface area (TPSA) is 133 Å². The molecule has 50 heavy (non-hydrogen) atoms. The fourth-order valence-corrected chi connectivity index (χ4v) is 6.19. The number of hydrogen-bond acceptors (Lipinski definition) is 9. The van der Waals surface area contributed by atoms with Crippen molar-refractivity contribution in [2.45, 2.75) is 51.8 Å². The van der Waals surface area contributed by atoms with Crippen molar-refractivity contribution in [2.24, 2.45) is 0 Å². The van der Waals surface area contributed by atoms with E-state index in [1.807, 2.05) is 61.9 Å². The number of methoxy groups -OCH3 is 2. The molecule has 6 rings (SSSR count). The maximum atomic E-state index is 13.1. The normalized spacial score (nSPS) is 14.7. The van der Waals surface area contributed by atoms with Gasteiger partial charge in [0.05, 0.1) is 42.4 Å². The second-order valence-electron chi connectivity index (χ2n) is 13.0. The Morgan fingerprint density at radius 1 is 1.02 bits per heavy atom. The van der Waals surface area contributed by atoms with E-state index in [1.165, 1.54) is 0 Å². The van der Waals surface area contributed by atoms with Crippen molar-refractivity contribution in [2.75, 3.05) is 37.9 Å². The van der Waals surface area contributed by atoms with Crippen LogP contribution >= 0.6 is 11.6 Å². The third-order valence-electron chi connectivity index (χ3n) is 8.34. The number of aromatic nitrogens is 4. The Kier molecular flexibility index (Phi) is 10.1. The van der Waals surface area contributed by atoms with Crippen LogP contribution in [0.3, 0.4) is 0 Å². The SMILES string of the molecule is COc1ccc(CNc2ncc(Cl)c3c2c(-c2ccc(C(=O)Nc4ccccn4)cc2)nn3[C@@H]2CCCN(C(=O)OC(C)(C)C)C2)c(OC)c1. The molecule has 260 valence electrons. The number of likely N-dealkylation sites (tertiary alicyclic amines) is 1. The highest BCUT2D eigenvalue weighted by molar-refractivity contribution is 6.35. The van der Waals surface area contributed by atoms with E-state index >= 15 is 0 Å². The van der Waals surface area contributed by atoms with E-state index < -0.39 is 5.60 Å². The second kappa shape index (κ2) is 14.6. The van der Waals surface area contributed by atoms with Crippen LogP contribution in [-0.2, 0) is 11.3 Å². The molecular formula is C37H40ClN7O5. The number of rotatable bonds is 9. The number of fused-ring (bicyclic) bond motifs is 1. The van der Waals surface area contributed by atoms with E-state index in [0.29, 0.717) is 70.0 Å². The van der Waals surface area contributed by atoms with Crippen LogP contribution in [0.4, 0.5) is 16.4 Å². The van der Waals surface area contributed by atoms with E-state index in [0.717, 1.165) is 24.0 Å². The first-order valence-electron chi connectivity index (χ1n) is 16.4. The lowest BCUT2D eigenvalue weighted by Crippen LogP contribution is -2.43. The van der Waals surface area contributed by atoms with Gasteiger partial charge >= 0.3 is 6.09 Å². The number of ether oxygens (including phenoxy) is 3. The lowest BCUT2D eigenvalue weighted by atomic mass is 10.0. The lowest BCUT2D eigenvalue weighted by Gasteiger charge is -2.34. The molecule has 0 aliphatic carbocycles. The quantitative estimate of drug-likeness (QED) is 0.160. The number of anilines is 2. The number of amides is 2. The van der Waals surface area contributed by atoms with E-state index in [1.54, 1.807) is 55.8 Å². The van der Waals surface area contributed by atoms with Crippen molar-refractivity contribution in [1.82, 2.24) is 24.6 Å². The Labute approximate surface area is 295 Å². The van der Waals surface area contributed by atoms with Crippen molar-refractivity contribution in [3.8, 4) is 22.8 Å². The summed E-state index contributed by atoms with van der Waals surface area (Å²) < 4.78 is 18.6. The van der Waals surface area contributed by atoms with Gasteiger partial charge in [0, 0.05) is 48.6 Å². The molecule has 2 aromatic carbocycles. The molecule has 0 saturated carbocycles. The Bertz CT molecular complexity index is 1990. The van der Waals surface area contributed by atoms with Gasteiger partial charge in [0.15, 0.2) is 0 Å². The largest absolute Gasteiger partial charge is 0.497 e. The van der Waals surface area contributed by atoms with Crippen LogP contribution in [0.2, 0.25) is 5.02 Å². The molecule has 3 aromatic heterocycles. The predicted molar refractivity (Wildman–Crippen MR) is 193 cm³/mol. The molecule has 0 unspecified atom stereocenters. The van der Waals surface area contributed by atoms with Crippen LogP contribution in [0.1, 0.15) is 55.6 Å². The first kappa shape index (κ1) is 34.5. The van der Waals surface area contributed by atoms with Crippen LogP contribution in [0.15, 0.2) is 73.1 Å². The maximum Gasteiger partial charge on any atom is 0.410 e. The van der Waals surface area contributed by atoms with Crippen molar-refractivity contribution in [3.05, 3.63) is 89.2 Å². The first-order valence-corrected chi connectivity index (χ1v) is 16.7. The molecule has 1 fully saturated rings. The minimum Gasteiger partial charge on any atom is -0.497 e. The van der Waals surface area contributed by atoms with Gasteiger partial charge in [-0.05, 0) is 70.0 Å². The minimum atomic E-state index is -0.613. The summed E-state index contributed by atoms with van der Waals surface area (Å²) in [7, 11) is 3.23. The Balaban J connectivity index is 1.39. The summed E-state index contributed by atoms with van der Waals surface area (Å²) in [5.41, 5.74) is 2.83. The smallest absolute Gasteiger partial charge is 0.410 e. The van der Waals surface area contributed by atoms with Gasteiger partial charge in [-0.1, -0.05) is 29.8 Å². The number of halogens is 1. The van der Waals surface area contributed by atoms with Gasteiger partial charge < -0.3 is 29.7 Å². The predicted octanol–water partition coefficient (Wildman–Crippen LogP) is 7.60. The molecule has 1 aliphatic rings. The molecule has 12 nitrogen and oxygen atoms in total. The van der Waals surface area contributed by atoms with Gasteiger partial charge in [0.25, 0.3) is 5.91 Å². The number of nitrogens with one attached hydrogen (secondary N) is 2. The highest BCUT2D eigenvalue weighted by atomic mass is 35.5. The summed E-state index contributed by atoms with van der Waals surface area (Å²) in [6, 6.07) is 18.0. The summed E-state index contributed by atoms with van der Waals surface area (Å²) in [5, 5.41) is 12.6. The molecule has 0 spiro atoms. The fourth-order valence-electron chi connectivity index (χ4n) is 5.96. The molecule has 0 bridgehead atoms. The zero-order chi connectivity index (χ0) is 35.4. The van der Waals surface area contributed by atoms with Gasteiger partial charge in [-0.2, -0.15) is 5.10 Å². The number of carbonyl (C=O) groups excluding carboxylic acids is 2. The second-order valence-corrected chi connectivity index (χ2v) is 13.4. The van der Waals surface area contributed by atoms with E-state index in [2.05, 4.69) is 15.6 Å². The monoisotopic (exact) mass is 697 g/mol. The van der Waals surface area contributed by atoms with Crippen molar-refractivity contribution < 1.29 is 23.8 Å². The fraction of sp³-hybridized carbons (Fsp3) is 0.324. The van der Waals surface area contributed by atoms with E-state index in [4.69, 9.17) is 35.9 Å². The van der Waals surface area contributed by atoms with Crippen molar-refractivity contribution >= 4 is 46.1 Å². The van der Waals surface area contributed by atoms with Gasteiger partial charge in [-0.25, -0.2) is 14.8 Å². The number of pyridine rings is 2. The summed E-state index contributed by atoms with van der Waals surface area (Å²) in [6.07, 6.45) is 4.42. The van der Waals surface area contributed by atoms with Crippen LogP contribution in [0.25, 0.3) is 22.2 Å². The molecule has 1 saturated heterocycles.